The minimum absolute atomic E-state index is 0.0843. The second-order valence-electron chi connectivity index (χ2n) is 11.4. The molecule has 6 nitrogen and oxygen atoms in total. The van der Waals surface area contributed by atoms with Gasteiger partial charge in [0.2, 0.25) is 0 Å². The molecule has 0 radical (unpaired) electrons. The molecular formula is C43H64O6. The van der Waals surface area contributed by atoms with E-state index in [4.69, 9.17) is 14.2 Å². The second kappa shape index (κ2) is 36.9. The first-order valence-corrected chi connectivity index (χ1v) is 18.4. The molecule has 272 valence electrons. The maximum absolute atomic E-state index is 12.5. The van der Waals surface area contributed by atoms with Crippen molar-refractivity contribution < 1.29 is 28.6 Å². The summed E-state index contributed by atoms with van der Waals surface area (Å²) in [5.41, 5.74) is 0. The van der Waals surface area contributed by atoms with Crippen LogP contribution in [0.3, 0.4) is 0 Å². The summed E-state index contributed by atoms with van der Waals surface area (Å²) in [5.74, 6) is -1.17. The largest absolute Gasteiger partial charge is 0.462 e. The maximum Gasteiger partial charge on any atom is 0.310 e. The van der Waals surface area contributed by atoms with E-state index >= 15 is 0 Å². The van der Waals surface area contributed by atoms with Gasteiger partial charge in [-0.2, -0.15) is 0 Å². The molecule has 0 spiro atoms. The summed E-state index contributed by atoms with van der Waals surface area (Å²) in [6.45, 7) is 6.02. The normalized spacial score (nSPS) is 13.3. The van der Waals surface area contributed by atoms with Crippen LogP contribution in [0.4, 0.5) is 0 Å². The van der Waals surface area contributed by atoms with Crippen molar-refractivity contribution in [1.29, 1.82) is 0 Å². The van der Waals surface area contributed by atoms with Gasteiger partial charge >= 0.3 is 17.9 Å². The van der Waals surface area contributed by atoms with Crippen LogP contribution in [0.2, 0.25) is 0 Å². The van der Waals surface area contributed by atoms with Gasteiger partial charge in [0, 0.05) is 12.8 Å². The second-order valence-corrected chi connectivity index (χ2v) is 11.4. The Labute approximate surface area is 298 Å². The Balaban J connectivity index is 4.61. The van der Waals surface area contributed by atoms with E-state index in [1.807, 2.05) is 48.6 Å². The standard InChI is InChI=1S/C43H64O6/c1-4-7-10-13-16-19-20-21-22-25-27-30-33-36-42(45)48-39-40(49-43(46)37-34-31-28-24-18-15-12-9-6-3)38-47-41(44)35-32-29-26-23-17-14-11-8-5-2/h7-13,16-24,31,34,40H,4-6,14-15,25-30,32-33,35-39H2,1-3H3/b10-7-,11-8-,12-9-,16-13-,20-19-,22-21-,23-17-,24-18-,34-31-. The third-order valence-electron chi connectivity index (χ3n) is 6.88. The molecule has 0 saturated heterocycles. The Kier molecular flexibility index (Phi) is 33.9. The number of allylic oxidation sites excluding steroid dienone is 17. The molecule has 0 aromatic carbocycles. The van der Waals surface area contributed by atoms with Gasteiger partial charge in [-0.1, -0.05) is 137 Å². The highest BCUT2D eigenvalue weighted by atomic mass is 16.6. The van der Waals surface area contributed by atoms with Crippen LogP contribution >= 0.6 is 0 Å². The molecule has 0 aliphatic carbocycles. The molecule has 49 heavy (non-hydrogen) atoms. The quantitative estimate of drug-likeness (QED) is 0.0248. The molecule has 1 atom stereocenters. The zero-order valence-corrected chi connectivity index (χ0v) is 30.6. The van der Waals surface area contributed by atoms with Crippen molar-refractivity contribution in [3.63, 3.8) is 0 Å². The van der Waals surface area contributed by atoms with Crippen molar-refractivity contribution in [2.24, 2.45) is 0 Å². The highest BCUT2D eigenvalue weighted by Crippen LogP contribution is 2.08. The van der Waals surface area contributed by atoms with E-state index in [0.29, 0.717) is 12.8 Å². The molecule has 0 aromatic heterocycles. The fourth-order valence-corrected chi connectivity index (χ4v) is 4.20. The van der Waals surface area contributed by atoms with Crippen LogP contribution in [0.25, 0.3) is 0 Å². The van der Waals surface area contributed by atoms with Gasteiger partial charge in [-0.25, -0.2) is 0 Å². The maximum atomic E-state index is 12.5. The van der Waals surface area contributed by atoms with E-state index in [9.17, 15) is 14.4 Å². The number of carbonyl (C=O) groups excluding carboxylic acids is 3. The molecule has 6 heteroatoms. The number of rotatable bonds is 30. The fourth-order valence-electron chi connectivity index (χ4n) is 4.20. The number of ether oxygens (including phenoxy) is 3. The Morgan fingerprint density at radius 3 is 1.49 bits per heavy atom. The van der Waals surface area contributed by atoms with Gasteiger partial charge in [0.1, 0.15) is 13.2 Å². The van der Waals surface area contributed by atoms with Crippen LogP contribution in [0, 0.1) is 0 Å². The number of carbonyl (C=O) groups is 3. The molecule has 0 saturated carbocycles. The summed E-state index contributed by atoms with van der Waals surface area (Å²) in [7, 11) is 0. The van der Waals surface area contributed by atoms with Gasteiger partial charge in [-0.15, -0.1) is 0 Å². The Morgan fingerprint density at radius 1 is 0.449 bits per heavy atom. The topological polar surface area (TPSA) is 78.9 Å². The summed E-state index contributed by atoms with van der Waals surface area (Å²) >= 11 is 0. The van der Waals surface area contributed by atoms with Crippen molar-refractivity contribution in [3.8, 4) is 0 Å². The first-order chi connectivity index (χ1) is 24.0. The van der Waals surface area contributed by atoms with Gasteiger partial charge in [0.15, 0.2) is 6.10 Å². The van der Waals surface area contributed by atoms with Crippen LogP contribution in [0.15, 0.2) is 109 Å². The third-order valence-corrected chi connectivity index (χ3v) is 6.88. The van der Waals surface area contributed by atoms with Gasteiger partial charge in [-0.05, 0) is 77.0 Å². The number of unbranched alkanes of at least 4 members (excludes halogenated alkanes) is 5. The van der Waals surface area contributed by atoms with E-state index in [-0.39, 0.29) is 44.4 Å². The lowest BCUT2D eigenvalue weighted by atomic mass is 10.1. The first-order valence-electron chi connectivity index (χ1n) is 18.4. The highest BCUT2D eigenvalue weighted by Gasteiger charge is 2.19. The van der Waals surface area contributed by atoms with Crippen LogP contribution in [0.1, 0.15) is 124 Å². The molecule has 0 amide bonds. The lowest BCUT2D eigenvalue weighted by molar-refractivity contribution is -0.166. The Morgan fingerprint density at radius 2 is 0.898 bits per heavy atom. The lowest BCUT2D eigenvalue weighted by Gasteiger charge is -2.18. The first kappa shape index (κ1) is 45.1. The Hall–Kier alpha value is -3.93. The summed E-state index contributed by atoms with van der Waals surface area (Å²) in [6.07, 6.45) is 48.4. The molecule has 0 aromatic rings. The minimum atomic E-state index is -0.853. The van der Waals surface area contributed by atoms with Crippen molar-refractivity contribution >= 4 is 17.9 Å². The number of esters is 3. The van der Waals surface area contributed by atoms with Crippen molar-refractivity contribution in [2.75, 3.05) is 13.2 Å². The van der Waals surface area contributed by atoms with Crippen LogP contribution in [0.5, 0.6) is 0 Å². The van der Waals surface area contributed by atoms with Gasteiger partial charge in [0.05, 0.1) is 6.42 Å². The van der Waals surface area contributed by atoms with Gasteiger partial charge in [0.25, 0.3) is 0 Å². The van der Waals surface area contributed by atoms with Crippen LogP contribution in [-0.4, -0.2) is 37.2 Å². The van der Waals surface area contributed by atoms with E-state index in [2.05, 4.69) is 75.5 Å². The van der Waals surface area contributed by atoms with E-state index in [1.54, 1.807) is 6.08 Å². The molecular weight excluding hydrogens is 612 g/mol. The van der Waals surface area contributed by atoms with Crippen molar-refractivity contribution in [2.45, 2.75) is 130 Å². The van der Waals surface area contributed by atoms with Crippen molar-refractivity contribution in [1.82, 2.24) is 0 Å². The van der Waals surface area contributed by atoms with E-state index in [0.717, 1.165) is 70.6 Å². The van der Waals surface area contributed by atoms with Gasteiger partial charge < -0.3 is 14.2 Å². The van der Waals surface area contributed by atoms with Gasteiger partial charge in [-0.3, -0.25) is 14.4 Å². The molecule has 0 rings (SSSR count). The molecule has 0 fully saturated rings. The molecule has 0 aliphatic heterocycles. The van der Waals surface area contributed by atoms with E-state index in [1.165, 1.54) is 0 Å². The summed E-state index contributed by atoms with van der Waals surface area (Å²) in [5, 5.41) is 0. The third kappa shape index (κ3) is 35.2. The Bertz CT molecular complexity index is 1100. The zero-order valence-electron chi connectivity index (χ0n) is 30.6. The average molecular weight is 677 g/mol. The average Bonchev–Trinajstić information content (AvgIpc) is 3.10. The summed E-state index contributed by atoms with van der Waals surface area (Å²) < 4.78 is 16.4. The molecule has 0 bridgehead atoms. The SMILES string of the molecule is CC\C=C/C=C\C=C/C=C\CCCCCC(=O)OCC(COC(=O)CCCC/C=C\C/C=C\CC)OC(=O)C/C=C\C/C=C\C/C=C\CC. The monoisotopic (exact) mass is 676 g/mol. The lowest BCUT2D eigenvalue weighted by Crippen LogP contribution is -2.30. The molecule has 1 unspecified atom stereocenters. The molecule has 0 aliphatic rings. The summed E-state index contributed by atoms with van der Waals surface area (Å²) in [6, 6.07) is 0. The zero-order chi connectivity index (χ0) is 35.9. The molecule has 0 heterocycles. The smallest absolute Gasteiger partial charge is 0.310 e. The van der Waals surface area contributed by atoms with Crippen LogP contribution in [-0.2, 0) is 28.6 Å². The fraction of sp³-hybridized carbons (Fsp3) is 0.512. The minimum Gasteiger partial charge on any atom is -0.462 e. The predicted octanol–water partition coefficient (Wildman–Crippen LogP) is 11.3. The van der Waals surface area contributed by atoms with E-state index < -0.39 is 12.1 Å². The molecule has 0 N–H and O–H groups in total. The van der Waals surface area contributed by atoms with Crippen LogP contribution < -0.4 is 0 Å². The van der Waals surface area contributed by atoms with Crippen molar-refractivity contribution in [3.05, 3.63) is 109 Å². The number of hydrogen-bond donors (Lipinski definition) is 0. The summed E-state index contributed by atoms with van der Waals surface area (Å²) in [4.78, 5) is 37.3. The predicted molar refractivity (Wildman–Crippen MR) is 205 cm³/mol. The number of hydrogen-bond acceptors (Lipinski definition) is 6. The highest BCUT2D eigenvalue weighted by molar-refractivity contribution is 5.72.